The summed E-state index contributed by atoms with van der Waals surface area (Å²) in [7, 11) is 0. The van der Waals surface area contributed by atoms with Crippen LogP contribution in [-0.4, -0.2) is 16.5 Å². The number of aromatic nitrogens is 2. The Balaban J connectivity index is 2.31. The van der Waals surface area contributed by atoms with Crippen molar-refractivity contribution in [2.75, 3.05) is 11.4 Å². The summed E-state index contributed by atoms with van der Waals surface area (Å²) in [6.07, 6.45) is 5.77. The van der Waals surface area contributed by atoms with Crippen molar-refractivity contribution in [3.8, 4) is 0 Å². The zero-order valence-electron chi connectivity index (χ0n) is 11.3. The van der Waals surface area contributed by atoms with Crippen LogP contribution in [0.2, 0.25) is 0 Å². The number of unbranched alkanes of at least 4 members (excludes halogenated alkanes) is 1. The van der Waals surface area contributed by atoms with Crippen LogP contribution in [0.5, 0.6) is 0 Å². The van der Waals surface area contributed by atoms with Gasteiger partial charge in [-0.3, -0.25) is 4.98 Å². The monoisotopic (exact) mass is 256 g/mol. The summed E-state index contributed by atoms with van der Waals surface area (Å²) in [5.74, 6) is 0.864. The van der Waals surface area contributed by atoms with Gasteiger partial charge in [0.15, 0.2) is 5.82 Å². The van der Waals surface area contributed by atoms with E-state index in [0.29, 0.717) is 6.54 Å². The van der Waals surface area contributed by atoms with Crippen molar-refractivity contribution in [3.63, 3.8) is 0 Å². The predicted octanol–water partition coefficient (Wildman–Crippen LogP) is 2.87. The minimum atomic E-state index is 0.414. The van der Waals surface area contributed by atoms with E-state index in [-0.39, 0.29) is 0 Å². The topological polar surface area (TPSA) is 55.0 Å². The fraction of sp³-hybridized carbons (Fsp3) is 0.333. The molecule has 2 rings (SSSR count). The third-order valence-electron chi connectivity index (χ3n) is 2.96. The Labute approximate surface area is 114 Å². The van der Waals surface area contributed by atoms with Crippen molar-refractivity contribution in [1.29, 1.82) is 0 Å². The minimum absolute atomic E-state index is 0.414. The van der Waals surface area contributed by atoms with Gasteiger partial charge in [0.2, 0.25) is 0 Å². The molecule has 4 heteroatoms. The molecule has 0 saturated carbocycles. The Bertz CT molecular complexity index is 499. The Hall–Kier alpha value is -1.94. The van der Waals surface area contributed by atoms with Crippen LogP contribution in [0.1, 0.15) is 25.5 Å². The normalized spacial score (nSPS) is 10.4. The fourth-order valence-corrected chi connectivity index (χ4v) is 1.92. The first-order valence-corrected chi connectivity index (χ1v) is 6.68. The summed E-state index contributed by atoms with van der Waals surface area (Å²) in [5, 5.41) is 0. The third-order valence-corrected chi connectivity index (χ3v) is 2.96. The second-order valence-electron chi connectivity index (χ2n) is 4.41. The van der Waals surface area contributed by atoms with Gasteiger partial charge in [0.1, 0.15) is 0 Å². The van der Waals surface area contributed by atoms with E-state index in [0.717, 1.165) is 36.6 Å². The fourth-order valence-electron chi connectivity index (χ4n) is 1.92. The number of anilines is 2. The Morgan fingerprint density at radius 1 is 1.16 bits per heavy atom. The Morgan fingerprint density at radius 2 is 1.95 bits per heavy atom. The van der Waals surface area contributed by atoms with Gasteiger partial charge in [0.25, 0.3) is 0 Å². The molecule has 1 heterocycles. The molecule has 19 heavy (non-hydrogen) atoms. The molecule has 0 aliphatic carbocycles. The van der Waals surface area contributed by atoms with E-state index >= 15 is 0 Å². The van der Waals surface area contributed by atoms with E-state index in [2.05, 4.69) is 33.9 Å². The van der Waals surface area contributed by atoms with Crippen LogP contribution in [0.4, 0.5) is 11.5 Å². The summed E-state index contributed by atoms with van der Waals surface area (Å²) in [6, 6.07) is 10.3. The van der Waals surface area contributed by atoms with E-state index in [1.54, 1.807) is 12.4 Å². The van der Waals surface area contributed by atoms with Crippen molar-refractivity contribution in [2.45, 2.75) is 26.3 Å². The number of rotatable bonds is 6. The number of nitrogens with zero attached hydrogens (tertiary/aromatic N) is 3. The smallest absolute Gasteiger partial charge is 0.151 e. The lowest BCUT2D eigenvalue weighted by Gasteiger charge is -2.23. The third kappa shape index (κ3) is 3.51. The number of nitrogens with two attached hydrogens (primary N) is 1. The molecule has 4 nitrogen and oxygen atoms in total. The lowest BCUT2D eigenvalue weighted by Crippen LogP contribution is -2.20. The lowest BCUT2D eigenvalue weighted by molar-refractivity contribution is 0.774. The first-order chi connectivity index (χ1) is 9.35. The molecule has 0 aliphatic heterocycles. The van der Waals surface area contributed by atoms with Gasteiger partial charge < -0.3 is 10.6 Å². The van der Waals surface area contributed by atoms with E-state index in [1.165, 1.54) is 0 Å². The second-order valence-corrected chi connectivity index (χ2v) is 4.41. The molecule has 0 unspecified atom stereocenters. The molecule has 0 fully saturated rings. The molecule has 0 saturated heterocycles. The van der Waals surface area contributed by atoms with Crippen molar-refractivity contribution >= 4 is 11.5 Å². The summed E-state index contributed by atoms with van der Waals surface area (Å²) < 4.78 is 0. The molecule has 0 bridgehead atoms. The van der Waals surface area contributed by atoms with Gasteiger partial charge in [-0.2, -0.15) is 0 Å². The molecule has 100 valence electrons. The largest absolute Gasteiger partial charge is 0.325 e. The van der Waals surface area contributed by atoms with Crippen LogP contribution in [0.3, 0.4) is 0 Å². The highest BCUT2D eigenvalue weighted by atomic mass is 15.2. The highest BCUT2D eigenvalue weighted by Gasteiger charge is 2.10. The number of hydrogen-bond acceptors (Lipinski definition) is 4. The molecule has 0 atom stereocenters. The molecular weight excluding hydrogens is 236 g/mol. The maximum Gasteiger partial charge on any atom is 0.151 e. The summed E-state index contributed by atoms with van der Waals surface area (Å²) in [4.78, 5) is 11.0. The van der Waals surface area contributed by atoms with Crippen LogP contribution in [0.25, 0.3) is 0 Å². The summed E-state index contributed by atoms with van der Waals surface area (Å²) in [6.45, 7) is 3.53. The van der Waals surface area contributed by atoms with Crippen LogP contribution < -0.4 is 10.6 Å². The molecule has 0 spiro atoms. The zero-order chi connectivity index (χ0) is 13.5. The van der Waals surface area contributed by atoms with Gasteiger partial charge in [-0.15, -0.1) is 0 Å². The summed E-state index contributed by atoms with van der Waals surface area (Å²) in [5.41, 5.74) is 7.59. The predicted molar refractivity (Wildman–Crippen MR) is 78.3 cm³/mol. The number of hydrogen-bond donors (Lipinski definition) is 1. The average molecular weight is 256 g/mol. The van der Waals surface area contributed by atoms with Crippen LogP contribution in [0.15, 0.2) is 42.7 Å². The van der Waals surface area contributed by atoms with Gasteiger partial charge in [-0.25, -0.2) is 4.98 Å². The molecule has 1 aromatic heterocycles. The number of benzene rings is 1. The van der Waals surface area contributed by atoms with Gasteiger partial charge in [0.05, 0.1) is 11.9 Å². The molecule has 0 radical (unpaired) electrons. The molecule has 0 aliphatic rings. The highest BCUT2D eigenvalue weighted by Crippen LogP contribution is 2.23. The maximum absolute atomic E-state index is 5.64. The molecule has 1 aromatic carbocycles. The van der Waals surface area contributed by atoms with Gasteiger partial charge in [-0.1, -0.05) is 31.5 Å². The van der Waals surface area contributed by atoms with Crippen molar-refractivity contribution in [1.82, 2.24) is 9.97 Å². The molecular formula is C15H20N4. The van der Waals surface area contributed by atoms with E-state index < -0.39 is 0 Å². The van der Waals surface area contributed by atoms with Crippen LogP contribution in [-0.2, 0) is 6.54 Å². The SMILES string of the molecule is CCCCN(c1ccccc1)c1cncc(CN)n1. The molecule has 2 N–H and O–H groups in total. The first kappa shape index (κ1) is 13.5. The molecule has 2 aromatic rings. The van der Waals surface area contributed by atoms with Crippen LogP contribution >= 0.6 is 0 Å². The standard InChI is InChI=1S/C15H20N4/c1-2-3-9-19(14-7-5-4-6-8-14)15-12-17-11-13(10-16)18-15/h4-8,11-12H,2-3,9-10,16H2,1H3. The zero-order valence-corrected chi connectivity index (χ0v) is 11.3. The minimum Gasteiger partial charge on any atom is -0.325 e. The Kier molecular flexibility index (Phi) is 4.86. The number of para-hydroxylation sites is 1. The Morgan fingerprint density at radius 3 is 2.63 bits per heavy atom. The molecule has 0 amide bonds. The van der Waals surface area contributed by atoms with E-state index in [4.69, 9.17) is 5.73 Å². The van der Waals surface area contributed by atoms with E-state index in [9.17, 15) is 0 Å². The quantitative estimate of drug-likeness (QED) is 0.863. The second kappa shape index (κ2) is 6.85. The van der Waals surface area contributed by atoms with Crippen LogP contribution in [0, 0.1) is 0 Å². The van der Waals surface area contributed by atoms with Gasteiger partial charge in [-0.05, 0) is 18.6 Å². The first-order valence-electron chi connectivity index (χ1n) is 6.68. The summed E-state index contributed by atoms with van der Waals surface area (Å²) >= 11 is 0. The van der Waals surface area contributed by atoms with Crippen molar-refractivity contribution < 1.29 is 0 Å². The van der Waals surface area contributed by atoms with Crippen molar-refractivity contribution in [3.05, 3.63) is 48.4 Å². The lowest BCUT2D eigenvalue weighted by atomic mass is 10.2. The van der Waals surface area contributed by atoms with Gasteiger partial charge in [0, 0.05) is 25.0 Å². The average Bonchev–Trinajstić information content (AvgIpc) is 2.49. The van der Waals surface area contributed by atoms with Gasteiger partial charge >= 0.3 is 0 Å². The van der Waals surface area contributed by atoms with E-state index in [1.807, 2.05) is 18.2 Å². The highest BCUT2D eigenvalue weighted by molar-refractivity contribution is 5.58. The maximum atomic E-state index is 5.64. The van der Waals surface area contributed by atoms with Crippen molar-refractivity contribution in [2.24, 2.45) is 5.73 Å².